The molecule has 0 amide bonds. The van der Waals surface area contributed by atoms with Gasteiger partial charge in [0.05, 0.1) is 28.7 Å². The predicted octanol–water partition coefficient (Wildman–Crippen LogP) is 1.98. The van der Waals surface area contributed by atoms with Crippen molar-refractivity contribution in [1.82, 2.24) is 9.55 Å². The zero-order chi connectivity index (χ0) is 13.4. The van der Waals surface area contributed by atoms with Crippen LogP contribution in [-0.2, 0) is 6.54 Å². The quantitative estimate of drug-likeness (QED) is 0.778. The standard InChI is InChI=1S/C13H9ClN2O3/c14-10-5-1-4-9-11(10)15-13(18)16(12(9)17)7-8-3-2-6-19-8/h1-6H,7H2,(H,15,18). The molecule has 19 heavy (non-hydrogen) atoms. The number of hydrogen-bond donors (Lipinski definition) is 1. The second-order valence-electron chi connectivity index (χ2n) is 4.06. The van der Waals surface area contributed by atoms with E-state index < -0.39 is 11.2 Å². The number of rotatable bonds is 2. The molecule has 0 aliphatic carbocycles. The Balaban J connectivity index is 2.27. The molecule has 1 N–H and O–H groups in total. The third-order valence-electron chi connectivity index (χ3n) is 2.86. The maximum absolute atomic E-state index is 12.3. The number of nitrogens with zero attached hydrogens (tertiary/aromatic N) is 1. The maximum Gasteiger partial charge on any atom is 0.329 e. The molecule has 0 spiro atoms. The van der Waals surface area contributed by atoms with Crippen LogP contribution in [0.1, 0.15) is 5.76 Å². The van der Waals surface area contributed by atoms with Gasteiger partial charge in [0.15, 0.2) is 0 Å². The Bertz CT molecular complexity index is 846. The lowest BCUT2D eigenvalue weighted by molar-refractivity contribution is 0.485. The van der Waals surface area contributed by atoms with Gasteiger partial charge in [0.25, 0.3) is 5.56 Å². The number of para-hydroxylation sites is 1. The van der Waals surface area contributed by atoms with Crippen LogP contribution in [-0.4, -0.2) is 9.55 Å². The first-order valence-electron chi connectivity index (χ1n) is 5.60. The monoisotopic (exact) mass is 276 g/mol. The SMILES string of the molecule is O=c1[nH]c2c(Cl)cccc2c(=O)n1Cc1ccco1. The Hall–Kier alpha value is -2.27. The van der Waals surface area contributed by atoms with Crippen LogP contribution in [0.15, 0.2) is 50.6 Å². The van der Waals surface area contributed by atoms with Crippen LogP contribution in [0, 0.1) is 0 Å². The van der Waals surface area contributed by atoms with Gasteiger partial charge < -0.3 is 9.40 Å². The molecule has 2 aromatic heterocycles. The lowest BCUT2D eigenvalue weighted by Crippen LogP contribution is -2.35. The molecular formula is C13H9ClN2O3. The van der Waals surface area contributed by atoms with Crippen LogP contribution in [0.3, 0.4) is 0 Å². The van der Waals surface area contributed by atoms with Gasteiger partial charge >= 0.3 is 5.69 Å². The number of H-pyrrole nitrogens is 1. The Morgan fingerprint density at radius 1 is 1.21 bits per heavy atom. The molecule has 0 fully saturated rings. The number of aromatic amines is 1. The van der Waals surface area contributed by atoms with Gasteiger partial charge in [-0.3, -0.25) is 9.36 Å². The molecule has 3 rings (SSSR count). The van der Waals surface area contributed by atoms with Crippen LogP contribution in [0.2, 0.25) is 5.02 Å². The summed E-state index contributed by atoms with van der Waals surface area (Å²) in [5.41, 5.74) is -0.547. The van der Waals surface area contributed by atoms with Gasteiger partial charge in [0, 0.05) is 0 Å². The highest BCUT2D eigenvalue weighted by atomic mass is 35.5. The highest BCUT2D eigenvalue weighted by Gasteiger charge is 2.10. The van der Waals surface area contributed by atoms with Crippen molar-refractivity contribution in [2.45, 2.75) is 6.54 Å². The molecule has 0 saturated heterocycles. The number of furan rings is 1. The molecular weight excluding hydrogens is 268 g/mol. The van der Waals surface area contributed by atoms with Gasteiger partial charge in [-0.05, 0) is 24.3 Å². The lowest BCUT2D eigenvalue weighted by Gasteiger charge is -2.05. The van der Waals surface area contributed by atoms with E-state index in [9.17, 15) is 9.59 Å². The van der Waals surface area contributed by atoms with Crippen molar-refractivity contribution < 1.29 is 4.42 Å². The summed E-state index contributed by atoms with van der Waals surface area (Å²) >= 11 is 5.96. The molecule has 1 aromatic carbocycles. The molecule has 0 aliphatic heterocycles. The Morgan fingerprint density at radius 3 is 2.79 bits per heavy atom. The van der Waals surface area contributed by atoms with Crippen LogP contribution in [0.4, 0.5) is 0 Å². The van der Waals surface area contributed by atoms with Gasteiger partial charge in [0.1, 0.15) is 5.76 Å². The zero-order valence-corrected chi connectivity index (χ0v) is 10.5. The molecule has 0 aliphatic rings. The molecule has 0 bridgehead atoms. The largest absolute Gasteiger partial charge is 0.467 e. The van der Waals surface area contributed by atoms with E-state index in [1.807, 2.05) is 0 Å². The molecule has 0 atom stereocenters. The normalized spacial score (nSPS) is 11.0. The van der Waals surface area contributed by atoms with E-state index in [1.54, 1.807) is 30.3 Å². The minimum absolute atomic E-state index is 0.0869. The smallest absolute Gasteiger partial charge is 0.329 e. The van der Waals surface area contributed by atoms with Crippen LogP contribution >= 0.6 is 11.6 Å². The van der Waals surface area contributed by atoms with Crippen LogP contribution < -0.4 is 11.2 Å². The van der Waals surface area contributed by atoms with Crippen LogP contribution in [0.25, 0.3) is 10.9 Å². The highest BCUT2D eigenvalue weighted by molar-refractivity contribution is 6.34. The predicted molar refractivity (Wildman–Crippen MR) is 71.6 cm³/mol. The van der Waals surface area contributed by atoms with Crippen molar-refractivity contribution in [3.8, 4) is 0 Å². The summed E-state index contributed by atoms with van der Waals surface area (Å²) in [4.78, 5) is 26.8. The molecule has 0 radical (unpaired) electrons. The zero-order valence-electron chi connectivity index (χ0n) is 9.72. The first-order valence-corrected chi connectivity index (χ1v) is 5.98. The fraction of sp³-hybridized carbons (Fsp3) is 0.0769. The fourth-order valence-electron chi connectivity index (χ4n) is 1.94. The topological polar surface area (TPSA) is 68.0 Å². The number of nitrogens with one attached hydrogen (secondary N) is 1. The van der Waals surface area contributed by atoms with E-state index in [-0.39, 0.29) is 6.54 Å². The van der Waals surface area contributed by atoms with Gasteiger partial charge in [-0.1, -0.05) is 17.7 Å². The van der Waals surface area contributed by atoms with E-state index in [2.05, 4.69) is 4.98 Å². The van der Waals surface area contributed by atoms with Crippen molar-refractivity contribution in [3.05, 3.63) is 68.2 Å². The van der Waals surface area contributed by atoms with Crippen molar-refractivity contribution in [3.63, 3.8) is 0 Å². The molecule has 6 heteroatoms. The third-order valence-corrected chi connectivity index (χ3v) is 3.18. The summed E-state index contributed by atoms with van der Waals surface area (Å²) in [5, 5.41) is 0.718. The third kappa shape index (κ3) is 1.98. The molecule has 3 aromatic rings. The van der Waals surface area contributed by atoms with E-state index in [0.29, 0.717) is 21.7 Å². The number of halogens is 1. The molecule has 5 nitrogen and oxygen atoms in total. The number of hydrogen-bond acceptors (Lipinski definition) is 3. The van der Waals surface area contributed by atoms with E-state index in [1.165, 1.54) is 6.26 Å². The van der Waals surface area contributed by atoms with Crippen molar-refractivity contribution in [2.75, 3.05) is 0 Å². The average molecular weight is 277 g/mol. The molecule has 0 saturated carbocycles. The first-order chi connectivity index (χ1) is 9.16. The van der Waals surface area contributed by atoms with Crippen molar-refractivity contribution >= 4 is 22.5 Å². The van der Waals surface area contributed by atoms with Gasteiger partial charge in [-0.2, -0.15) is 0 Å². The minimum Gasteiger partial charge on any atom is -0.467 e. The second kappa shape index (κ2) is 4.44. The summed E-state index contributed by atoms with van der Waals surface area (Å²) in [6.45, 7) is 0.0869. The second-order valence-corrected chi connectivity index (χ2v) is 4.47. The maximum atomic E-state index is 12.3. The molecule has 96 valence electrons. The number of aromatic nitrogens is 2. The summed E-state index contributed by atoms with van der Waals surface area (Å²) in [6.07, 6.45) is 1.49. The van der Waals surface area contributed by atoms with E-state index in [0.717, 1.165) is 4.57 Å². The van der Waals surface area contributed by atoms with Gasteiger partial charge in [0.2, 0.25) is 0 Å². The average Bonchev–Trinajstić information content (AvgIpc) is 2.89. The molecule has 0 unspecified atom stereocenters. The van der Waals surface area contributed by atoms with E-state index >= 15 is 0 Å². The number of benzene rings is 1. The summed E-state index contributed by atoms with van der Waals surface area (Å²) in [7, 11) is 0. The minimum atomic E-state index is -0.512. The molecule has 2 heterocycles. The van der Waals surface area contributed by atoms with E-state index in [4.69, 9.17) is 16.0 Å². The fourth-order valence-corrected chi connectivity index (χ4v) is 2.17. The Labute approximate surface area is 112 Å². The van der Waals surface area contributed by atoms with Crippen molar-refractivity contribution in [1.29, 1.82) is 0 Å². The van der Waals surface area contributed by atoms with Gasteiger partial charge in [-0.25, -0.2) is 4.79 Å². The van der Waals surface area contributed by atoms with Crippen LogP contribution in [0.5, 0.6) is 0 Å². The summed E-state index contributed by atoms with van der Waals surface area (Å²) in [6, 6.07) is 8.32. The Kier molecular flexibility index (Phi) is 2.76. The van der Waals surface area contributed by atoms with Crippen molar-refractivity contribution in [2.24, 2.45) is 0 Å². The lowest BCUT2D eigenvalue weighted by atomic mass is 10.2. The Morgan fingerprint density at radius 2 is 2.05 bits per heavy atom. The van der Waals surface area contributed by atoms with Gasteiger partial charge in [-0.15, -0.1) is 0 Å². The number of fused-ring (bicyclic) bond motifs is 1. The first kappa shape index (κ1) is 11.8. The summed E-state index contributed by atoms with van der Waals surface area (Å²) in [5.74, 6) is 0.536. The highest BCUT2D eigenvalue weighted by Crippen LogP contribution is 2.17. The summed E-state index contributed by atoms with van der Waals surface area (Å²) < 4.78 is 6.23.